The van der Waals surface area contributed by atoms with Crippen LogP contribution in [0, 0.1) is 51.8 Å². The van der Waals surface area contributed by atoms with Gasteiger partial charge in [-0.25, -0.2) is 0 Å². The van der Waals surface area contributed by atoms with Crippen LogP contribution in [0.5, 0.6) is 0 Å². The summed E-state index contributed by atoms with van der Waals surface area (Å²) < 4.78 is 31.9. The largest absolute Gasteiger partial charge is 0.394 e. The van der Waals surface area contributed by atoms with E-state index in [-0.39, 0.29) is 47.0 Å². The van der Waals surface area contributed by atoms with E-state index >= 15 is 0 Å². The van der Waals surface area contributed by atoms with Crippen molar-refractivity contribution in [1.29, 1.82) is 0 Å². The van der Waals surface area contributed by atoms with Gasteiger partial charge in [0.15, 0.2) is 12.6 Å². The second kappa shape index (κ2) is 14.8. The summed E-state index contributed by atoms with van der Waals surface area (Å²) in [7, 11) is 0. The van der Waals surface area contributed by atoms with Crippen molar-refractivity contribution < 1.29 is 69.6 Å². The molecule has 0 radical (unpaired) electrons. The molecule has 0 aromatic carbocycles. The molecule has 6 unspecified atom stereocenters. The zero-order valence-electron chi connectivity index (χ0n) is 34.8. The minimum Gasteiger partial charge on any atom is -0.394 e. The van der Waals surface area contributed by atoms with Crippen molar-refractivity contribution in [2.75, 3.05) is 6.61 Å². The molecule has 3 saturated heterocycles. The van der Waals surface area contributed by atoms with Gasteiger partial charge in [-0.15, -0.1) is 0 Å². The summed E-state index contributed by atoms with van der Waals surface area (Å²) >= 11 is 0. The van der Waals surface area contributed by atoms with E-state index in [0.29, 0.717) is 19.3 Å². The van der Waals surface area contributed by atoms with Crippen LogP contribution in [0.2, 0.25) is 0 Å². The van der Waals surface area contributed by atoms with Gasteiger partial charge in [-0.3, -0.25) is 0 Å². The highest BCUT2D eigenvalue weighted by Crippen LogP contribution is 2.72. The average Bonchev–Trinajstić information content (AvgIpc) is 3.71. The molecule has 7 fully saturated rings. The number of hydrogen-bond acceptors (Lipinski definition) is 14. The van der Waals surface area contributed by atoms with Crippen molar-refractivity contribution in [1.82, 2.24) is 0 Å². The zero-order valence-corrected chi connectivity index (χ0v) is 34.8. The van der Waals surface area contributed by atoms with E-state index in [0.717, 1.165) is 25.7 Å². The zero-order chi connectivity index (χ0) is 41.2. The number of aliphatic hydroxyl groups is 9. The third kappa shape index (κ3) is 6.76. The summed E-state index contributed by atoms with van der Waals surface area (Å²) in [5.41, 5.74) is -2.89. The van der Waals surface area contributed by atoms with E-state index in [2.05, 4.69) is 41.5 Å². The minimum atomic E-state index is -1.69. The lowest BCUT2D eigenvalue weighted by Gasteiger charge is -2.69. The molecule has 0 aromatic heterocycles. The topological polar surface area (TPSA) is 228 Å². The third-order valence-corrected chi connectivity index (χ3v) is 16.8. The fraction of sp³-hybridized carbons (Fsp3) is 1.00. The number of rotatable bonds is 7. The van der Waals surface area contributed by atoms with E-state index in [4.69, 9.17) is 23.7 Å². The van der Waals surface area contributed by atoms with Gasteiger partial charge in [0, 0.05) is 0 Å². The lowest BCUT2D eigenvalue weighted by molar-refractivity contribution is -0.379. The highest BCUT2D eigenvalue weighted by atomic mass is 16.8. The van der Waals surface area contributed by atoms with Gasteiger partial charge in [-0.2, -0.15) is 0 Å². The predicted molar refractivity (Wildman–Crippen MR) is 200 cm³/mol. The van der Waals surface area contributed by atoms with Gasteiger partial charge in [-0.05, 0) is 124 Å². The second-order valence-corrected chi connectivity index (χ2v) is 21.1. The maximum Gasteiger partial charge on any atom is 0.187 e. The summed E-state index contributed by atoms with van der Waals surface area (Å²) in [5.74, 6) is -0.126. The Bertz CT molecular complexity index is 1410. The van der Waals surface area contributed by atoms with Crippen LogP contribution in [-0.2, 0) is 23.7 Å². The summed E-state index contributed by atoms with van der Waals surface area (Å²) in [6.07, 6.45) is -11.4. The SMILES string of the molecule is CC1C[C@]2(C)C3CC(O)C4[C@@H]([C@]5(C)CC[C@H](C(C)(C)O)O5)CC[C@]4(C)C3C[C@H](O[C@@H]3O[C@H](CO)[C@@H](O)[C@H](O)[C@H]3O[C@@H]3O[C@@H](C)[C@H](O)[C@@H](O)[C@H]3O)C2C(C)(C)[C@H]1O. The molecule has 0 bridgehead atoms. The van der Waals surface area contributed by atoms with Crippen molar-refractivity contribution in [3.05, 3.63) is 0 Å². The Kier molecular flexibility index (Phi) is 11.5. The van der Waals surface area contributed by atoms with Crippen LogP contribution >= 0.6 is 0 Å². The Balaban J connectivity index is 1.24. The minimum absolute atomic E-state index is 0.0410. The van der Waals surface area contributed by atoms with Gasteiger partial charge in [-0.1, -0.05) is 34.6 Å². The van der Waals surface area contributed by atoms with Crippen LogP contribution in [0.3, 0.4) is 0 Å². The van der Waals surface area contributed by atoms with Crippen LogP contribution < -0.4 is 0 Å². The Morgan fingerprint density at radius 1 is 0.714 bits per heavy atom. The van der Waals surface area contributed by atoms with E-state index < -0.39 is 108 Å². The normalized spacial score (nSPS) is 57.3. The Hall–Kier alpha value is -0.560. The molecule has 56 heavy (non-hydrogen) atoms. The highest BCUT2D eigenvalue weighted by molar-refractivity contribution is 5.19. The van der Waals surface area contributed by atoms with Gasteiger partial charge < -0.3 is 69.6 Å². The molecule has 324 valence electrons. The van der Waals surface area contributed by atoms with E-state index in [9.17, 15) is 46.0 Å². The van der Waals surface area contributed by atoms with Crippen molar-refractivity contribution in [3.8, 4) is 0 Å². The summed E-state index contributed by atoms with van der Waals surface area (Å²) in [6.45, 7) is 17.4. The smallest absolute Gasteiger partial charge is 0.187 e. The number of fused-ring (bicyclic) bond motifs is 5. The second-order valence-electron chi connectivity index (χ2n) is 21.1. The molecule has 3 aliphatic heterocycles. The van der Waals surface area contributed by atoms with Crippen molar-refractivity contribution in [2.45, 2.75) is 204 Å². The quantitative estimate of drug-likeness (QED) is 0.165. The van der Waals surface area contributed by atoms with Gasteiger partial charge in [0.2, 0.25) is 0 Å². The molecule has 3 heterocycles. The molecule has 0 amide bonds. The first-order valence-corrected chi connectivity index (χ1v) is 21.3. The molecule has 23 atom stereocenters. The molecule has 14 nitrogen and oxygen atoms in total. The number of aliphatic hydroxyl groups excluding tert-OH is 8. The van der Waals surface area contributed by atoms with Gasteiger partial charge in [0.25, 0.3) is 0 Å². The van der Waals surface area contributed by atoms with Gasteiger partial charge in [0.05, 0.1) is 48.3 Å². The first-order chi connectivity index (χ1) is 25.9. The Labute approximate surface area is 331 Å². The molecular formula is C42H72O14. The Morgan fingerprint density at radius 2 is 1.38 bits per heavy atom. The third-order valence-electron chi connectivity index (χ3n) is 16.8. The lowest BCUT2D eigenvalue weighted by Crippen LogP contribution is -2.69. The molecular weight excluding hydrogens is 728 g/mol. The molecule has 7 rings (SSSR count). The van der Waals surface area contributed by atoms with Crippen LogP contribution in [0.25, 0.3) is 0 Å². The van der Waals surface area contributed by atoms with E-state index in [1.165, 1.54) is 6.92 Å². The first kappa shape index (κ1) is 43.5. The Morgan fingerprint density at radius 3 is 2.00 bits per heavy atom. The molecule has 4 saturated carbocycles. The van der Waals surface area contributed by atoms with Crippen LogP contribution in [0.15, 0.2) is 0 Å². The number of hydrogen-bond donors (Lipinski definition) is 9. The van der Waals surface area contributed by atoms with Crippen LogP contribution in [-0.4, -0.2) is 150 Å². The first-order valence-electron chi connectivity index (χ1n) is 21.3. The monoisotopic (exact) mass is 800 g/mol. The predicted octanol–water partition coefficient (Wildman–Crippen LogP) is 1.21. The molecule has 0 spiro atoms. The van der Waals surface area contributed by atoms with Gasteiger partial charge in [0.1, 0.15) is 42.7 Å². The summed E-state index contributed by atoms with van der Waals surface area (Å²) in [4.78, 5) is 0. The molecule has 0 aromatic rings. The molecule has 14 heteroatoms. The van der Waals surface area contributed by atoms with Crippen molar-refractivity contribution in [2.24, 2.45) is 51.8 Å². The number of ether oxygens (including phenoxy) is 5. The standard InChI is InChI=1S/C42H72O14/c1-18-16-41(8)21-14-23(44)27-20(42(9)13-11-26(56-42)39(5,6)51)10-12-40(27,7)22(21)15-24(34(41)38(3,4)35(18)50)53-37-33(31(48)29(46)25(17-43)54-37)55-36-32(49)30(47)28(45)19(2)52-36/h18-37,43-51H,10-17H2,1-9H3/t18?,19-,20-,21?,22?,23?,24-,25+,26+,27?,28-,29+,30+,31-,32+,33+,34?,35-,36-,37+,40+,41+,42-/m0/s1. The van der Waals surface area contributed by atoms with Crippen molar-refractivity contribution in [3.63, 3.8) is 0 Å². The highest BCUT2D eigenvalue weighted by Gasteiger charge is 2.71. The fourth-order valence-corrected chi connectivity index (χ4v) is 14.2. The van der Waals surface area contributed by atoms with Crippen LogP contribution in [0.1, 0.15) is 107 Å². The molecule has 9 N–H and O–H groups in total. The lowest BCUT2D eigenvalue weighted by atomic mass is 9.38. The summed E-state index contributed by atoms with van der Waals surface area (Å²) in [6, 6.07) is 0. The maximum atomic E-state index is 12.3. The summed E-state index contributed by atoms with van der Waals surface area (Å²) in [5, 5.41) is 99.6. The maximum absolute atomic E-state index is 12.3. The van der Waals surface area contributed by atoms with Crippen LogP contribution in [0.4, 0.5) is 0 Å². The van der Waals surface area contributed by atoms with Gasteiger partial charge >= 0.3 is 0 Å². The van der Waals surface area contributed by atoms with E-state index in [1.807, 2.05) is 0 Å². The molecule has 4 aliphatic carbocycles. The fourth-order valence-electron chi connectivity index (χ4n) is 14.2. The average molecular weight is 801 g/mol. The molecule has 7 aliphatic rings. The van der Waals surface area contributed by atoms with Crippen molar-refractivity contribution >= 4 is 0 Å². The van der Waals surface area contributed by atoms with E-state index in [1.54, 1.807) is 13.8 Å².